The summed E-state index contributed by atoms with van der Waals surface area (Å²) >= 11 is 0. The lowest BCUT2D eigenvalue weighted by molar-refractivity contribution is -0.153. The number of pyridine rings is 1. The van der Waals surface area contributed by atoms with E-state index in [1.807, 2.05) is 30.3 Å². The van der Waals surface area contributed by atoms with Crippen LogP contribution >= 0.6 is 0 Å². The number of esters is 1. The predicted molar refractivity (Wildman–Crippen MR) is 126 cm³/mol. The fourth-order valence-electron chi connectivity index (χ4n) is 3.25. The van der Waals surface area contributed by atoms with Crippen LogP contribution in [0.15, 0.2) is 73.1 Å². The zero-order chi connectivity index (χ0) is 23.8. The van der Waals surface area contributed by atoms with E-state index in [0.717, 1.165) is 16.7 Å². The molecule has 1 atom stereocenters. The van der Waals surface area contributed by atoms with Crippen molar-refractivity contribution in [1.29, 1.82) is 0 Å². The van der Waals surface area contributed by atoms with Gasteiger partial charge in [-0.3, -0.25) is 19.9 Å². The third-order valence-electron chi connectivity index (χ3n) is 4.73. The summed E-state index contributed by atoms with van der Waals surface area (Å²) in [6.07, 6.45) is 3.69. The molecular weight excluding hydrogens is 421 g/mol. The normalized spacial score (nSPS) is 12.1. The highest BCUT2D eigenvalue weighted by molar-refractivity contribution is 5.96. The second-order valence-electron chi connectivity index (χ2n) is 8.66. The molecule has 7 heteroatoms. The molecule has 0 saturated heterocycles. The van der Waals surface area contributed by atoms with E-state index < -0.39 is 17.6 Å². The summed E-state index contributed by atoms with van der Waals surface area (Å²) in [7, 11) is 0. The van der Waals surface area contributed by atoms with E-state index in [4.69, 9.17) is 4.74 Å². The Morgan fingerprint density at radius 2 is 1.70 bits per heavy atom. The highest BCUT2D eigenvalue weighted by Crippen LogP contribution is 2.22. The zero-order valence-corrected chi connectivity index (χ0v) is 19.0. The van der Waals surface area contributed by atoms with Crippen LogP contribution in [0.2, 0.25) is 0 Å². The Balaban J connectivity index is 1.74. The first-order valence-electron chi connectivity index (χ1n) is 10.7. The number of amides is 1. The van der Waals surface area contributed by atoms with E-state index in [0.29, 0.717) is 5.69 Å². The van der Waals surface area contributed by atoms with Crippen LogP contribution in [0.5, 0.6) is 0 Å². The molecule has 1 amide bonds. The Bertz CT molecular complexity index is 1080. The molecule has 2 aromatic carbocycles. The molecule has 1 aromatic heterocycles. The molecule has 33 heavy (non-hydrogen) atoms. The van der Waals surface area contributed by atoms with Crippen molar-refractivity contribution in [1.82, 2.24) is 10.3 Å². The largest absolute Gasteiger partial charge is 0.459 e. The summed E-state index contributed by atoms with van der Waals surface area (Å²) in [6.45, 7) is 5.21. The minimum atomic E-state index is -0.729. The number of ether oxygens (including phenoxy) is 1. The molecule has 0 radical (unpaired) electrons. The van der Waals surface area contributed by atoms with Crippen molar-refractivity contribution < 1.29 is 18.7 Å². The Labute approximate surface area is 193 Å². The number of nitrogens with zero attached hydrogens (tertiary/aromatic N) is 1. The second-order valence-corrected chi connectivity index (χ2v) is 8.66. The number of aromatic nitrogens is 1. The molecule has 172 valence electrons. The highest BCUT2D eigenvalue weighted by Gasteiger charge is 2.22. The number of anilines is 1. The number of halogens is 1. The van der Waals surface area contributed by atoms with E-state index in [9.17, 15) is 14.0 Å². The molecule has 3 rings (SSSR count). The number of nitrogens with one attached hydrogen (secondary N) is 2. The lowest BCUT2D eigenvalue weighted by atomic mass is 10.0. The van der Waals surface area contributed by atoms with Crippen LogP contribution in [-0.2, 0) is 20.7 Å². The first-order valence-corrected chi connectivity index (χ1v) is 10.7. The van der Waals surface area contributed by atoms with Gasteiger partial charge in [0.15, 0.2) is 0 Å². The maximum atomic E-state index is 13.3. The summed E-state index contributed by atoms with van der Waals surface area (Å²) in [6, 6.07) is 16.4. The van der Waals surface area contributed by atoms with Crippen molar-refractivity contribution in [2.45, 2.75) is 38.8 Å². The fourth-order valence-corrected chi connectivity index (χ4v) is 3.25. The van der Waals surface area contributed by atoms with Gasteiger partial charge in [-0.05, 0) is 80.3 Å². The van der Waals surface area contributed by atoms with Crippen molar-refractivity contribution in [3.8, 4) is 11.1 Å². The lowest BCUT2D eigenvalue weighted by Crippen LogP contribution is -2.45. The third-order valence-corrected chi connectivity index (χ3v) is 4.73. The summed E-state index contributed by atoms with van der Waals surface area (Å²) in [4.78, 5) is 29.3. The van der Waals surface area contributed by atoms with Gasteiger partial charge in [0.1, 0.15) is 11.4 Å². The van der Waals surface area contributed by atoms with E-state index in [1.54, 1.807) is 51.4 Å². The number of benzene rings is 2. The van der Waals surface area contributed by atoms with E-state index >= 15 is 0 Å². The topological polar surface area (TPSA) is 80.3 Å². The van der Waals surface area contributed by atoms with Crippen LogP contribution in [0.4, 0.5) is 10.1 Å². The average molecular weight is 450 g/mol. The van der Waals surface area contributed by atoms with Gasteiger partial charge in [0, 0.05) is 18.1 Å². The molecule has 0 aliphatic carbocycles. The third kappa shape index (κ3) is 7.80. The fraction of sp³-hybridized carbons (Fsp3) is 0.269. The van der Waals surface area contributed by atoms with Crippen LogP contribution in [0, 0.1) is 5.82 Å². The predicted octanol–water partition coefficient (Wildman–Crippen LogP) is 4.37. The van der Waals surface area contributed by atoms with E-state index in [-0.39, 0.29) is 24.7 Å². The maximum absolute atomic E-state index is 13.3. The average Bonchev–Trinajstić information content (AvgIpc) is 2.77. The van der Waals surface area contributed by atoms with Gasteiger partial charge >= 0.3 is 5.97 Å². The van der Waals surface area contributed by atoms with Crippen LogP contribution < -0.4 is 10.6 Å². The molecule has 0 fully saturated rings. The first-order chi connectivity index (χ1) is 15.7. The highest BCUT2D eigenvalue weighted by atomic mass is 19.1. The molecule has 3 aromatic rings. The molecule has 1 heterocycles. The molecule has 0 unspecified atom stereocenters. The van der Waals surface area contributed by atoms with Gasteiger partial charge in [0.25, 0.3) is 0 Å². The summed E-state index contributed by atoms with van der Waals surface area (Å²) < 4.78 is 18.6. The van der Waals surface area contributed by atoms with Crippen LogP contribution in [-0.4, -0.2) is 35.0 Å². The number of carbonyl (C=O) groups is 2. The Hall–Kier alpha value is -3.58. The number of hydrogen-bond donors (Lipinski definition) is 2. The maximum Gasteiger partial charge on any atom is 0.320 e. The van der Waals surface area contributed by atoms with Crippen LogP contribution in [0.25, 0.3) is 11.1 Å². The Morgan fingerprint density at radius 1 is 1.00 bits per heavy atom. The van der Waals surface area contributed by atoms with Crippen molar-refractivity contribution >= 4 is 17.6 Å². The second kappa shape index (κ2) is 10.8. The van der Waals surface area contributed by atoms with Crippen LogP contribution in [0.1, 0.15) is 26.3 Å². The van der Waals surface area contributed by atoms with Crippen molar-refractivity contribution in [2.24, 2.45) is 0 Å². The van der Waals surface area contributed by atoms with Gasteiger partial charge in [-0.1, -0.05) is 24.3 Å². The van der Waals surface area contributed by atoms with Gasteiger partial charge in [0.2, 0.25) is 5.91 Å². The van der Waals surface area contributed by atoms with Crippen molar-refractivity contribution in [3.05, 3.63) is 84.4 Å². The molecule has 0 aliphatic rings. The number of rotatable bonds is 8. The van der Waals surface area contributed by atoms with Gasteiger partial charge in [-0.2, -0.15) is 0 Å². The standard InChI is InChI=1S/C26H28FN3O3/c1-26(2,3)33-24(31)17-29-23(15-18-7-9-21(27)10-8-18)25(32)30-22-6-4-5-20(16-22)19-11-13-28-14-12-19/h4-14,16,23,29H,15,17H2,1-3H3,(H,30,32)/t23-/m0/s1. The Morgan fingerprint density at radius 3 is 2.36 bits per heavy atom. The summed E-state index contributed by atoms with van der Waals surface area (Å²) in [5.41, 5.74) is 2.68. The van der Waals surface area contributed by atoms with Gasteiger partial charge in [-0.15, -0.1) is 0 Å². The lowest BCUT2D eigenvalue weighted by Gasteiger charge is -2.22. The summed E-state index contributed by atoms with van der Waals surface area (Å²) in [5.74, 6) is -1.12. The number of hydrogen-bond acceptors (Lipinski definition) is 5. The quantitative estimate of drug-likeness (QED) is 0.499. The molecule has 0 spiro atoms. The van der Waals surface area contributed by atoms with Gasteiger partial charge in [0.05, 0.1) is 12.6 Å². The monoisotopic (exact) mass is 449 g/mol. The SMILES string of the molecule is CC(C)(C)OC(=O)CN[C@@H](Cc1ccc(F)cc1)C(=O)Nc1cccc(-c2ccncc2)c1. The molecule has 0 saturated carbocycles. The summed E-state index contributed by atoms with van der Waals surface area (Å²) in [5, 5.41) is 5.90. The minimum absolute atomic E-state index is 0.131. The molecule has 2 N–H and O–H groups in total. The van der Waals surface area contributed by atoms with Crippen molar-refractivity contribution in [3.63, 3.8) is 0 Å². The zero-order valence-electron chi connectivity index (χ0n) is 19.0. The van der Waals surface area contributed by atoms with Gasteiger partial charge in [-0.25, -0.2) is 4.39 Å². The molecule has 0 bridgehead atoms. The number of carbonyl (C=O) groups excluding carboxylic acids is 2. The van der Waals surface area contributed by atoms with E-state index in [2.05, 4.69) is 15.6 Å². The van der Waals surface area contributed by atoms with E-state index in [1.165, 1.54) is 12.1 Å². The Kier molecular flexibility index (Phi) is 7.90. The molecule has 6 nitrogen and oxygen atoms in total. The van der Waals surface area contributed by atoms with Gasteiger partial charge < -0.3 is 10.1 Å². The first kappa shape index (κ1) is 24.1. The van der Waals surface area contributed by atoms with Crippen molar-refractivity contribution in [2.75, 3.05) is 11.9 Å². The molecule has 0 aliphatic heterocycles. The molecular formula is C26H28FN3O3. The minimum Gasteiger partial charge on any atom is -0.459 e. The van der Waals surface area contributed by atoms with Crippen LogP contribution in [0.3, 0.4) is 0 Å². The smallest absolute Gasteiger partial charge is 0.320 e.